The molecule has 0 saturated carbocycles. The first-order valence-electron chi connectivity index (χ1n) is 2.67. The highest BCUT2D eigenvalue weighted by molar-refractivity contribution is 5.52. The Morgan fingerprint density at radius 1 is 1.70 bits per heavy atom. The number of allylic oxidation sites excluding steroid dienone is 1. The molecule has 0 aliphatic heterocycles. The van der Waals surface area contributed by atoms with Gasteiger partial charge in [0, 0.05) is 12.8 Å². The summed E-state index contributed by atoms with van der Waals surface area (Å²) in [6, 6.07) is 0. The molecule has 1 amide bonds. The fourth-order valence-electron chi connectivity index (χ4n) is 0.379. The van der Waals surface area contributed by atoms with Crippen molar-refractivity contribution in [3.63, 3.8) is 0 Å². The summed E-state index contributed by atoms with van der Waals surface area (Å²) in [5, 5.41) is 0. The van der Waals surface area contributed by atoms with Gasteiger partial charge in [-0.2, -0.15) is 0 Å². The standard InChI is InChI=1S/C7H10NO2/c1-4-7(2)8(5-9)6-10-3/h4-6H,1-2H2,3H3. The van der Waals surface area contributed by atoms with Crippen LogP contribution in [0.15, 0.2) is 24.9 Å². The third kappa shape index (κ3) is 2.46. The molecule has 0 fully saturated rings. The van der Waals surface area contributed by atoms with E-state index in [0.717, 1.165) is 0 Å². The van der Waals surface area contributed by atoms with Crippen molar-refractivity contribution in [3.05, 3.63) is 31.7 Å². The van der Waals surface area contributed by atoms with Crippen LogP contribution in [0.1, 0.15) is 0 Å². The molecular weight excluding hydrogens is 130 g/mol. The van der Waals surface area contributed by atoms with Crippen molar-refractivity contribution < 1.29 is 9.53 Å². The molecule has 0 aromatic rings. The predicted octanol–water partition coefficient (Wildman–Crippen LogP) is 0.910. The molecule has 10 heavy (non-hydrogen) atoms. The Labute approximate surface area is 60.6 Å². The number of hydrogen-bond donors (Lipinski definition) is 0. The molecular formula is C7H10NO2. The van der Waals surface area contributed by atoms with E-state index in [4.69, 9.17) is 0 Å². The summed E-state index contributed by atoms with van der Waals surface area (Å²) >= 11 is 0. The van der Waals surface area contributed by atoms with Crippen LogP contribution >= 0.6 is 0 Å². The Bertz CT molecular complexity index is 143. The van der Waals surface area contributed by atoms with E-state index in [1.54, 1.807) is 0 Å². The zero-order chi connectivity index (χ0) is 7.98. The smallest absolute Gasteiger partial charge is 0.216 e. The largest absolute Gasteiger partial charge is 0.356 e. The molecule has 0 aliphatic carbocycles. The number of hydrogen-bond acceptors (Lipinski definition) is 2. The molecule has 0 saturated heterocycles. The van der Waals surface area contributed by atoms with Crippen LogP contribution in [0, 0.1) is 6.73 Å². The Morgan fingerprint density at radius 3 is 2.60 bits per heavy atom. The first-order valence-corrected chi connectivity index (χ1v) is 2.67. The number of ether oxygens (including phenoxy) is 1. The molecule has 0 aromatic carbocycles. The zero-order valence-electron chi connectivity index (χ0n) is 5.91. The quantitative estimate of drug-likeness (QED) is 0.419. The average molecular weight is 140 g/mol. The molecule has 3 nitrogen and oxygen atoms in total. The summed E-state index contributed by atoms with van der Waals surface area (Å²) in [5.74, 6) is 0. The average Bonchev–Trinajstić information content (AvgIpc) is 1.99. The minimum absolute atomic E-state index is 0.483. The van der Waals surface area contributed by atoms with Crippen LogP contribution in [-0.2, 0) is 9.53 Å². The highest BCUT2D eigenvalue weighted by Crippen LogP contribution is 2.01. The summed E-state index contributed by atoms with van der Waals surface area (Å²) in [6.45, 7) is 8.21. The molecule has 55 valence electrons. The second-order valence-corrected chi connectivity index (χ2v) is 1.55. The van der Waals surface area contributed by atoms with Gasteiger partial charge in [-0.3, -0.25) is 9.69 Å². The highest BCUT2D eigenvalue weighted by atomic mass is 16.5. The second-order valence-electron chi connectivity index (χ2n) is 1.55. The third-order valence-electron chi connectivity index (χ3n) is 0.900. The minimum atomic E-state index is 0.483. The minimum Gasteiger partial charge on any atom is -0.356 e. The molecule has 0 heterocycles. The van der Waals surface area contributed by atoms with Gasteiger partial charge in [-0.25, -0.2) is 0 Å². The third-order valence-corrected chi connectivity index (χ3v) is 0.900. The van der Waals surface area contributed by atoms with E-state index in [1.165, 1.54) is 24.8 Å². The van der Waals surface area contributed by atoms with Gasteiger partial charge in [0.25, 0.3) is 0 Å². The van der Waals surface area contributed by atoms with E-state index in [1.807, 2.05) is 0 Å². The van der Waals surface area contributed by atoms with Gasteiger partial charge in [0.2, 0.25) is 6.41 Å². The van der Waals surface area contributed by atoms with Crippen LogP contribution in [-0.4, -0.2) is 18.4 Å². The summed E-state index contributed by atoms with van der Waals surface area (Å²) in [5.41, 5.74) is 0.483. The maximum absolute atomic E-state index is 10.2. The van der Waals surface area contributed by atoms with Gasteiger partial charge in [-0.15, -0.1) is 0 Å². The van der Waals surface area contributed by atoms with Crippen LogP contribution < -0.4 is 0 Å². The van der Waals surface area contributed by atoms with Crippen molar-refractivity contribution in [2.24, 2.45) is 0 Å². The molecule has 0 aliphatic rings. The first-order chi connectivity index (χ1) is 4.76. The van der Waals surface area contributed by atoms with E-state index in [-0.39, 0.29) is 0 Å². The van der Waals surface area contributed by atoms with Crippen molar-refractivity contribution in [3.8, 4) is 0 Å². The predicted molar refractivity (Wildman–Crippen MR) is 38.5 cm³/mol. The zero-order valence-corrected chi connectivity index (χ0v) is 5.91. The normalized spacial score (nSPS) is 8.50. The SMILES string of the molecule is C=CC(=C)N([CH]OC)C=O. The maximum Gasteiger partial charge on any atom is 0.216 e. The number of amides is 1. The number of methoxy groups -OCH3 is 1. The number of carbonyl (C=O) groups is 1. The van der Waals surface area contributed by atoms with E-state index >= 15 is 0 Å². The molecule has 0 spiro atoms. The van der Waals surface area contributed by atoms with Gasteiger partial charge >= 0.3 is 0 Å². The van der Waals surface area contributed by atoms with Crippen LogP contribution in [0.5, 0.6) is 0 Å². The van der Waals surface area contributed by atoms with Gasteiger partial charge in [0.1, 0.15) is 0 Å². The van der Waals surface area contributed by atoms with E-state index < -0.39 is 0 Å². The van der Waals surface area contributed by atoms with Crippen molar-refractivity contribution in [2.75, 3.05) is 7.11 Å². The van der Waals surface area contributed by atoms with Crippen molar-refractivity contribution in [2.45, 2.75) is 0 Å². The maximum atomic E-state index is 10.2. The fourth-order valence-corrected chi connectivity index (χ4v) is 0.379. The lowest BCUT2D eigenvalue weighted by atomic mass is 10.4. The van der Waals surface area contributed by atoms with Gasteiger partial charge in [0.05, 0.1) is 0 Å². The van der Waals surface area contributed by atoms with Crippen LogP contribution in [0.3, 0.4) is 0 Å². The lowest BCUT2D eigenvalue weighted by Crippen LogP contribution is -2.16. The van der Waals surface area contributed by atoms with Crippen molar-refractivity contribution in [1.29, 1.82) is 0 Å². The Morgan fingerprint density at radius 2 is 2.30 bits per heavy atom. The van der Waals surface area contributed by atoms with Crippen molar-refractivity contribution in [1.82, 2.24) is 4.90 Å². The molecule has 0 aromatic heterocycles. The topological polar surface area (TPSA) is 29.5 Å². The highest BCUT2D eigenvalue weighted by Gasteiger charge is 2.00. The summed E-state index contributed by atoms with van der Waals surface area (Å²) in [7, 11) is 1.45. The molecule has 0 atom stereocenters. The van der Waals surface area contributed by atoms with Crippen LogP contribution in [0.4, 0.5) is 0 Å². The molecule has 3 heteroatoms. The van der Waals surface area contributed by atoms with E-state index in [0.29, 0.717) is 12.1 Å². The summed E-state index contributed by atoms with van der Waals surface area (Å²) < 4.78 is 4.58. The van der Waals surface area contributed by atoms with Crippen molar-refractivity contribution >= 4 is 6.41 Å². The lowest BCUT2D eigenvalue weighted by Gasteiger charge is -2.13. The molecule has 0 unspecified atom stereocenters. The lowest BCUT2D eigenvalue weighted by molar-refractivity contribution is -0.117. The van der Waals surface area contributed by atoms with E-state index in [9.17, 15) is 4.79 Å². The molecule has 1 radical (unpaired) electrons. The van der Waals surface area contributed by atoms with Crippen LogP contribution in [0.25, 0.3) is 0 Å². The molecule has 0 rings (SSSR count). The first kappa shape index (κ1) is 8.91. The van der Waals surface area contributed by atoms with Gasteiger partial charge in [-0.05, 0) is 6.08 Å². The number of nitrogens with zero attached hydrogens (tertiary/aromatic N) is 1. The summed E-state index contributed by atoms with van der Waals surface area (Å²) in [4.78, 5) is 11.4. The van der Waals surface area contributed by atoms with Gasteiger partial charge in [-0.1, -0.05) is 13.2 Å². The Kier molecular flexibility index (Phi) is 4.24. The molecule has 0 N–H and O–H groups in total. The second kappa shape index (κ2) is 4.76. The number of carbonyl (C=O) groups excluding carboxylic acids is 1. The molecule has 0 bridgehead atoms. The van der Waals surface area contributed by atoms with Gasteiger partial charge < -0.3 is 4.74 Å². The monoisotopic (exact) mass is 140 g/mol. The van der Waals surface area contributed by atoms with Gasteiger partial charge in [0.15, 0.2) is 6.73 Å². The van der Waals surface area contributed by atoms with Crippen LogP contribution in [0.2, 0.25) is 0 Å². The number of rotatable bonds is 5. The Balaban J connectivity index is 3.91. The summed E-state index contributed by atoms with van der Waals surface area (Å²) in [6.07, 6.45) is 2.05. The Hall–Kier alpha value is -1.09. The van der Waals surface area contributed by atoms with E-state index in [2.05, 4.69) is 17.9 Å². The fraction of sp³-hybridized carbons (Fsp3) is 0.143.